The minimum Gasteiger partial charge on any atom is -0.507 e. The molecule has 162 valence electrons. The maximum atomic E-state index is 12.7. The zero-order valence-corrected chi connectivity index (χ0v) is 18.1. The molecule has 7 heteroatoms. The van der Waals surface area contributed by atoms with Gasteiger partial charge in [0.2, 0.25) is 5.91 Å². The predicted octanol–water partition coefficient (Wildman–Crippen LogP) is 4.87. The number of nitrogens with zero attached hydrogens (tertiary/aromatic N) is 2. The van der Waals surface area contributed by atoms with Crippen molar-refractivity contribution in [1.82, 2.24) is 15.1 Å². The molecule has 30 heavy (non-hydrogen) atoms. The molecule has 0 spiro atoms. The van der Waals surface area contributed by atoms with Crippen molar-refractivity contribution in [3.8, 4) is 17.0 Å². The van der Waals surface area contributed by atoms with E-state index in [9.17, 15) is 14.7 Å². The minimum absolute atomic E-state index is 0.0222. The summed E-state index contributed by atoms with van der Waals surface area (Å²) < 4.78 is 1.46. The van der Waals surface area contributed by atoms with E-state index in [2.05, 4.69) is 15.7 Å². The number of anilines is 1. The van der Waals surface area contributed by atoms with Gasteiger partial charge >= 0.3 is 6.03 Å². The highest BCUT2D eigenvalue weighted by Gasteiger charge is 2.25. The van der Waals surface area contributed by atoms with Crippen LogP contribution in [0.5, 0.6) is 5.75 Å². The number of carbonyl (C=O) groups is 2. The topological polar surface area (TPSA) is 96.3 Å². The second-order valence-corrected chi connectivity index (χ2v) is 8.46. The molecule has 1 aromatic heterocycles. The Morgan fingerprint density at radius 2 is 1.97 bits per heavy atom. The zero-order chi connectivity index (χ0) is 21.7. The van der Waals surface area contributed by atoms with Gasteiger partial charge in [0.25, 0.3) is 0 Å². The number of amides is 2. The Hall–Kier alpha value is -2.83. The Kier molecular flexibility index (Phi) is 7.13. The van der Waals surface area contributed by atoms with Crippen LogP contribution < -0.4 is 10.6 Å². The van der Waals surface area contributed by atoms with E-state index < -0.39 is 0 Å². The SMILES string of the molecule is CCCNC(=O)n1nc(-c2ccc(NC(=O)CC(C)C)cc2O)cc1C1CCCC1. The molecule has 1 heterocycles. The Morgan fingerprint density at radius 3 is 2.60 bits per heavy atom. The molecular formula is C23H32N4O3. The largest absolute Gasteiger partial charge is 0.507 e. The zero-order valence-electron chi connectivity index (χ0n) is 18.1. The molecule has 0 radical (unpaired) electrons. The molecule has 3 rings (SSSR count). The van der Waals surface area contributed by atoms with Crippen molar-refractivity contribution in [1.29, 1.82) is 0 Å². The van der Waals surface area contributed by atoms with E-state index in [1.165, 1.54) is 10.7 Å². The van der Waals surface area contributed by atoms with Crippen LogP contribution in [0.3, 0.4) is 0 Å². The molecule has 1 saturated carbocycles. The quantitative estimate of drug-likeness (QED) is 0.605. The van der Waals surface area contributed by atoms with Gasteiger partial charge in [0, 0.05) is 36.2 Å². The molecule has 3 N–H and O–H groups in total. The lowest BCUT2D eigenvalue weighted by Gasteiger charge is -2.11. The van der Waals surface area contributed by atoms with Gasteiger partial charge in [0.05, 0.1) is 11.4 Å². The maximum Gasteiger partial charge on any atom is 0.342 e. The lowest BCUT2D eigenvalue weighted by atomic mass is 10.0. The summed E-state index contributed by atoms with van der Waals surface area (Å²) in [5.41, 5.74) is 2.53. The van der Waals surface area contributed by atoms with Crippen LogP contribution in [0.25, 0.3) is 11.3 Å². The first-order valence-electron chi connectivity index (χ1n) is 10.9. The van der Waals surface area contributed by atoms with Crippen molar-refractivity contribution in [2.45, 2.75) is 65.2 Å². The van der Waals surface area contributed by atoms with Gasteiger partial charge in [-0.25, -0.2) is 4.79 Å². The van der Waals surface area contributed by atoms with E-state index in [1.807, 2.05) is 26.8 Å². The van der Waals surface area contributed by atoms with Gasteiger partial charge in [0.15, 0.2) is 0 Å². The first-order valence-corrected chi connectivity index (χ1v) is 10.9. The predicted molar refractivity (Wildman–Crippen MR) is 118 cm³/mol. The number of aromatic nitrogens is 2. The van der Waals surface area contributed by atoms with Crippen molar-refractivity contribution < 1.29 is 14.7 Å². The fraction of sp³-hybridized carbons (Fsp3) is 0.522. The van der Waals surface area contributed by atoms with Crippen molar-refractivity contribution in [2.75, 3.05) is 11.9 Å². The lowest BCUT2D eigenvalue weighted by molar-refractivity contribution is -0.116. The van der Waals surface area contributed by atoms with E-state index in [0.29, 0.717) is 35.8 Å². The van der Waals surface area contributed by atoms with E-state index in [1.54, 1.807) is 12.1 Å². The second-order valence-electron chi connectivity index (χ2n) is 8.46. The summed E-state index contributed by atoms with van der Waals surface area (Å²) in [5.74, 6) is 0.497. The van der Waals surface area contributed by atoms with Crippen LogP contribution in [0.1, 0.15) is 70.9 Å². The van der Waals surface area contributed by atoms with Crippen LogP contribution in [-0.4, -0.2) is 33.4 Å². The van der Waals surface area contributed by atoms with Gasteiger partial charge in [-0.05, 0) is 43.4 Å². The van der Waals surface area contributed by atoms with Gasteiger partial charge in [-0.3, -0.25) is 4.79 Å². The fourth-order valence-corrected chi connectivity index (χ4v) is 3.92. The molecule has 0 unspecified atom stereocenters. The van der Waals surface area contributed by atoms with E-state index in [0.717, 1.165) is 37.8 Å². The molecule has 0 saturated heterocycles. The number of benzene rings is 1. The molecule has 0 aliphatic heterocycles. The molecule has 1 aliphatic carbocycles. The number of rotatable bonds is 7. The smallest absolute Gasteiger partial charge is 0.342 e. The van der Waals surface area contributed by atoms with Crippen LogP contribution in [-0.2, 0) is 4.79 Å². The lowest BCUT2D eigenvalue weighted by Crippen LogP contribution is -2.31. The molecule has 1 aliphatic rings. The highest BCUT2D eigenvalue weighted by Crippen LogP contribution is 2.37. The monoisotopic (exact) mass is 412 g/mol. The van der Waals surface area contributed by atoms with Gasteiger partial charge in [-0.2, -0.15) is 9.78 Å². The van der Waals surface area contributed by atoms with Gasteiger partial charge < -0.3 is 15.7 Å². The van der Waals surface area contributed by atoms with Crippen LogP contribution in [0, 0.1) is 5.92 Å². The van der Waals surface area contributed by atoms with Gasteiger partial charge in [-0.15, -0.1) is 0 Å². The summed E-state index contributed by atoms with van der Waals surface area (Å²) in [4.78, 5) is 24.6. The normalized spacial score (nSPS) is 14.3. The highest BCUT2D eigenvalue weighted by molar-refractivity contribution is 5.91. The van der Waals surface area contributed by atoms with E-state index in [4.69, 9.17) is 0 Å². The van der Waals surface area contributed by atoms with E-state index in [-0.39, 0.29) is 23.6 Å². The molecular weight excluding hydrogens is 380 g/mol. The summed E-state index contributed by atoms with van der Waals surface area (Å²) in [6.07, 6.45) is 5.65. The molecule has 0 bridgehead atoms. The van der Waals surface area contributed by atoms with Gasteiger partial charge in [0.1, 0.15) is 5.75 Å². The summed E-state index contributed by atoms with van der Waals surface area (Å²) in [6, 6.07) is 6.68. The van der Waals surface area contributed by atoms with E-state index >= 15 is 0 Å². The molecule has 1 fully saturated rings. The van der Waals surface area contributed by atoms with Crippen LogP contribution in [0.15, 0.2) is 24.3 Å². The van der Waals surface area contributed by atoms with Crippen LogP contribution in [0.2, 0.25) is 0 Å². The first-order chi connectivity index (χ1) is 14.4. The van der Waals surface area contributed by atoms with Gasteiger partial charge in [-0.1, -0.05) is 33.6 Å². The Morgan fingerprint density at radius 1 is 1.23 bits per heavy atom. The number of phenolic OH excluding ortho intramolecular Hbond substituents is 1. The van der Waals surface area contributed by atoms with Crippen molar-refractivity contribution in [2.24, 2.45) is 5.92 Å². The standard InChI is InChI=1S/C23H32N4O3/c1-4-11-24-23(30)27-20(16-7-5-6-8-16)14-19(26-27)18-10-9-17(13-21(18)28)25-22(29)12-15(2)3/h9-10,13-16,28H,4-8,11-12H2,1-3H3,(H,24,30)(H,25,29). The third-order valence-electron chi connectivity index (χ3n) is 5.38. The number of hydrogen-bond acceptors (Lipinski definition) is 4. The Bertz CT molecular complexity index is 898. The summed E-state index contributed by atoms with van der Waals surface area (Å²) >= 11 is 0. The van der Waals surface area contributed by atoms with Crippen LogP contribution >= 0.6 is 0 Å². The Labute approximate surface area is 177 Å². The Balaban J connectivity index is 1.87. The third-order valence-corrected chi connectivity index (χ3v) is 5.38. The first kappa shape index (κ1) is 21.9. The third kappa shape index (κ3) is 5.20. The second kappa shape index (κ2) is 9.78. The van der Waals surface area contributed by atoms with Crippen molar-refractivity contribution in [3.63, 3.8) is 0 Å². The number of aromatic hydroxyl groups is 1. The van der Waals surface area contributed by atoms with Crippen molar-refractivity contribution >= 4 is 17.6 Å². The number of nitrogens with one attached hydrogen (secondary N) is 2. The molecule has 2 aromatic rings. The highest BCUT2D eigenvalue weighted by atomic mass is 16.3. The summed E-state index contributed by atoms with van der Waals surface area (Å²) in [5, 5.41) is 20.8. The fourth-order valence-electron chi connectivity index (χ4n) is 3.92. The molecule has 7 nitrogen and oxygen atoms in total. The maximum absolute atomic E-state index is 12.7. The average Bonchev–Trinajstić information content (AvgIpc) is 3.35. The average molecular weight is 413 g/mol. The summed E-state index contributed by atoms with van der Waals surface area (Å²) in [6.45, 7) is 6.56. The van der Waals surface area contributed by atoms with Crippen LogP contribution in [0.4, 0.5) is 10.5 Å². The summed E-state index contributed by atoms with van der Waals surface area (Å²) in [7, 11) is 0. The number of phenols is 1. The minimum atomic E-state index is -0.234. The van der Waals surface area contributed by atoms with Crippen molar-refractivity contribution in [3.05, 3.63) is 30.0 Å². The molecule has 2 amide bonds. The number of carbonyl (C=O) groups excluding carboxylic acids is 2. The molecule has 1 aromatic carbocycles. The number of hydrogen-bond donors (Lipinski definition) is 3. The molecule has 0 atom stereocenters.